The zero-order valence-electron chi connectivity index (χ0n) is 14.1. The molecule has 126 valence electrons. The van der Waals surface area contributed by atoms with Crippen LogP contribution >= 0.6 is 11.8 Å². The van der Waals surface area contributed by atoms with E-state index in [1.807, 2.05) is 44.4 Å². The van der Waals surface area contributed by atoms with E-state index in [-0.39, 0.29) is 30.3 Å². The number of amides is 1. The molecule has 2 rings (SSSR count). The van der Waals surface area contributed by atoms with Gasteiger partial charge in [-0.3, -0.25) is 9.59 Å². The van der Waals surface area contributed by atoms with E-state index in [9.17, 15) is 9.59 Å². The van der Waals surface area contributed by atoms with E-state index in [0.717, 1.165) is 29.8 Å². The molecule has 0 aromatic heterocycles. The molecule has 0 unspecified atom stereocenters. The Labute approximate surface area is 142 Å². The monoisotopic (exact) mass is 335 g/mol. The molecular formula is C18H25NO3S. The number of thioether (sulfide) groups is 1. The number of hydrogen-bond donors (Lipinski definition) is 0. The average molecular weight is 335 g/mol. The van der Waals surface area contributed by atoms with Crippen molar-refractivity contribution in [2.45, 2.75) is 37.7 Å². The van der Waals surface area contributed by atoms with Crippen LogP contribution in [0.2, 0.25) is 0 Å². The molecule has 1 heterocycles. The van der Waals surface area contributed by atoms with Gasteiger partial charge in [0.25, 0.3) is 0 Å². The molecule has 1 saturated heterocycles. The number of Topliss-reactive ketones (excluding diaryl/α,β-unsaturated/α-hetero) is 1. The van der Waals surface area contributed by atoms with E-state index in [4.69, 9.17) is 4.74 Å². The predicted octanol–water partition coefficient (Wildman–Crippen LogP) is 3.25. The number of nitrogens with zero attached hydrogens (tertiary/aromatic N) is 1. The maximum atomic E-state index is 12.7. The molecule has 5 heteroatoms. The summed E-state index contributed by atoms with van der Waals surface area (Å²) in [6.45, 7) is 5.14. The first kappa shape index (κ1) is 18.0. The molecule has 0 aliphatic carbocycles. The summed E-state index contributed by atoms with van der Waals surface area (Å²) >= 11 is 1.66. The Bertz CT molecular complexity index is 542. The lowest BCUT2D eigenvalue weighted by atomic mass is 9.90. The minimum absolute atomic E-state index is 0.0195. The number of benzene rings is 1. The third-order valence-electron chi connectivity index (χ3n) is 4.06. The van der Waals surface area contributed by atoms with Crippen LogP contribution < -0.4 is 0 Å². The Morgan fingerprint density at radius 1 is 1.30 bits per heavy atom. The van der Waals surface area contributed by atoms with Gasteiger partial charge in [-0.2, -0.15) is 0 Å². The second-order valence-corrected chi connectivity index (χ2v) is 7.01. The molecule has 1 atom stereocenters. The van der Waals surface area contributed by atoms with Crippen molar-refractivity contribution in [3.8, 4) is 0 Å². The Hall–Kier alpha value is -1.33. The van der Waals surface area contributed by atoms with Crippen LogP contribution in [0.1, 0.15) is 37.0 Å². The summed E-state index contributed by atoms with van der Waals surface area (Å²) < 4.78 is 5.38. The zero-order valence-corrected chi connectivity index (χ0v) is 14.9. The van der Waals surface area contributed by atoms with Crippen molar-refractivity contribution in [1.29, 1.82) is 0 Å². The Kier molecular flexibility index (Phi) is 6.66. The van der Waals surface area contributed by atoms with Crippen LogP contribution in [-0.4, -0.2) is 48.6 Å². The normalized spacial score (nSPS) is 18.3. The smallest absolute Gasteiger partial charge is 0.248 e. The highest BCUT2D eigenvalue weighted by atomic mass is 32.2. The molecule has 1 aromatic carbocycles. The van der Waals surface area contributed by atoms with Gasteiger partial charge < -0.3 is 9.64 Å². The van der Waals surface area contributed by atoms with Crippen LogP contribution in [-0.2, 0) is 9.53 Å². The van der Waals surface area contributed by atoms with Crippen LogP contribution in [0.25, 0.3) is 0 Å². The molecule has 1 fully saturated rings. The van der Waals surface area contributed by atoms with Gasteiger partial charge in [0.15, 0.2) is 5.78 Å². The third kappa shape index (κ3) is 5.08. The van der Waals surface area contributed by atoms with Gasteiger partial charge in [0, 0.05) is 29.5 Å². The van der Waals surface area contributed by atoms with E-state index in [1.54, 1.807) is 16.7 Å². The molecule has 4 nitrogen and oxygen atoms in total. The lowest BCUT2D eigenvalue weighted by Gasteiger charge is -2.32. The van der Waals surface area contributed by atoms with Gasteiger partial charge in [-0.1, -0.05) is 12.1 Å². The van der Waals surface area contributed by atoms with Crippen LogP contribution in [0, 0.1) is 5.92 Å². The summed E-state index contributed by atoms with van der Waals surface area (Å²) in [5.74, 6) is 0.0146. The van der Waals surface area contributed by atoms with Gasteiger partial charge in [-0.05, 0) is 45.1 Å². The largest absolute Gasteiger partial charge is 0.369 e. The van der Waals surface area contributed by atoms with Gasteiger partial charge in [-0.25, -0.2) is 0 Å². The van der Waals surface area contributed by atoms with E-state index < -0.39 is 0 Å². The SMILES string of the molecule is CSc1ccc(C(=O)[C@H]2CCCN(C(=O)COC(C)C)C2)cc1. The number of carbonyl (C=O) groups is 2. The zero-order chi connectivity index (χ0) is 16.8. The number of carbonyl (C=O) groups excluding carboxylic acids is 2. The van der Waals surface area contributed by atoms with Crippen molar-refractivity contribution in [3.05, 3.63) is 29.8 Å². The van der Waals surface area contributed by atoms with Crippen LogP contribution in [0.3, 0.4) is 0 Å². The summed E-state index contributed by atoms with van der Waals surface area (Å²) in [6, 6.07) is 7.72. The third-order valence-corrected chi connectivity index (χ3v) is 4.80. The molecule has 1 aliphatic rings. The fourth-order valence-electron chi connectivity index (χ4n) is 2.74. The number of piperidine rings is 1. The molecule has 0 spiro atoms. The second kappa shape index (κ2) is 8.50. The van der Waals surface area contributed by atoms with E-state index in [0.29, 0.717) is 6.54 Å². The van der Waals surface area contributed by atoms with Crippen LogP contribution in [0.4, 0.5) is 0 Å². The van der Waals surface area contributed by atoms with E-state index >= 15 is 0 Å². The summed E-state index contributed by atoms with van der Waals surface area (Å²) in [4.78, 5) is 27.7. The number of hydrogen-bond acceptors (Lipinski definition) is 4. The number of ether oxygens (including phenoxy) is 1. The average Bonchev–Trinajstić information content (AvgIpc) is 2.59. The molecule has 1 amide bonds. The van der Waals surface area contributed by atoms with Crippen molar-refractivity contribution < 1.29 is 14.3 Å². The first-order chi connectivity index (χ1) is 11.0. The highest BCUT2D eigenvalue weighted by Gasteiger charge is 2.29. The topological polar surface area (TPSA) is 46.6 Å². The molecule has 0 bridgehead atoms. The number of ketones is 1. The van der Waals surface area contributed by atoms with E-state index in [2.05, 4.69) is 0 Å². The van der Waals surface area contributed by atoms with Crippen molar-refractivity contribution in [2.75, 3.05) is 26.0 Å². The van der Waals surface area contributed by atoms with Gasteiger partial charge in [0.1, 0.15) is 6.61 Å². The summed E-state index contributed by atoms with van der Waals surface area (Å²) in [7, 11) is 0. The first-order valence-electron chi connectivity index (χ1n) is 8.09. The number of rotatable bonds is 6. The van der Waals surface area contributed by atoms with Crippen molar-refractivity contribution >= 4 is 23.5 Å². The Morgan fingerprint density at radius 3 is 2.61 bits per heavy atom. The van der Waals surface area contributed by atoms with Crippen molar-refractivity contribution in [1.82, 2.24) is 4.90 Å². The lowest BCUT2D eigenvalue weighted by Crippen LogP contribution is -2.44. The standard InChI is InChI=1S/C18H25NO3S/c1-13(2)22-12-17(20)19-10-4-5-15(11-19)18(21)14-6-8-16(23-3)9-7-14/h6-9,13,15H,4-5,10-12H2,1-3H3/t15-/m0/s1. The predicted molar refractivity (Wildman–Crippen MR) is 92.9 cm³/mol. The number of likely N-dealkylation sites (tertiary alicyclic amines) is 1. The fourth-order valence-corrected chi connectivity index (χ4v) is 3.15. The Morgan fingerprint density at radius 2 is 2.00 bits per heavy atom. The van der Waals surface area contributed by atoms with Crippen molar-refractivity contribution in [3.63, 3.8) is 0 Å². The molecule has 0 radical (unpaired) electrons. The molecule has 1 aliphatic heterocycles. The van der Waals surface area contributed by atoms with Gasteiger partial charge >= 0.3 is 0 Å². The lowest BCUT2D eigenvalue weighted by molar-refractivity contribution is -0.139. The quantitative estimate of drug-likeness (QED) is 0.591. The highest BCUT2D eigenvalue weighted by Crippen LogP contribution is 2.23. The van der Waals surface area contributed by atoms with Crippen LogP contribution in [0.5, 0.6) is 0 Å². The summed E-state index contributed by atoms with van der Waals surface area (Å²) in [5.41, 5.74) is 0.737. The summed E-state index contributed by atoms with van der Waals surface area (Å²) in [5, 5.41) is 0. The molecule has 0 saturated carbocycles. The van der Waals surface area contributed by atoms with Gasteiger partial charge in [-0.15, -0.1) is 11.8 Å². The van der Waals surface area contributed by atoms with Crippen molar-refractivity contribution in [2.24, 2.45) is 5.92 Å². The fraction of sp³-hybridized carbons (Fsp3) is 0.556. The molecular weight excluding hydrogens is 310 g/mol. The maximum Gasteiger partial charge on any atom is 0.248 e. The summed E-state index contributed by atoms with van der Waals surface area (Å²) in [6.07, 6.45) is 3.77. The Balaban J connectivity index is 1.96. The van der Waals surface area contributed by atoms with Crippen LogP contribution in [0.15, 0.2) is 29.2 Å². The molecule has 0 N–H and O–H groups in total. The molecule has 23 heavy (non-hydrogen) atoms. The molecule has 1 aromatic rings. The highest BCUT2D eigenvalue weighted by molar-refractivity contribution is 7.98. The van der Waals surface area contributed by atoms with E-state index in [1.165, 1.54) is 0 Å². The van der Waals surface area contributed by atoms with Gasteiger partial charge in [0.05, 0.1) is 6.10 Å². The van der Waals surface area contributed by atoms with Gasteiger partial charge in [0.2, 0.25) is 5.91 Å². The minimum Gasteiger partial charge on any atom is -0.369 e. The first-order valence-corrected chi connectivity index (χ1v) is 9.31. The minimum atomic E-state index is -0.105. The maximum absolute atomic E-state index is 12.7. The second-order valence-electron chi connectivity index (χ2n) is 6.13.